The molecule has 0 aromatic carbocycles. The highest BCUT2D eigenvalue weighted by molar-refractivity contribution is 6.33. The Kier molecular flexibility index (Phi) is 3.51. The number of rotatable bonds is 1. The fourth-order valence-corrected chi connectivity index (χ4v) is 2.38. The van der Waals surface area contributed by atoms with Crippen molar-refractivity contribution >= 4 is 17.5 Å². The van der Waals surface area contributed by atoms with Crippen LogP contribution in [0.2, 0.25) is 5.02 Å². The molecule has 0 aliphatic carbocycles. The number of pyridine rings is 1. The molecular weight excluding hydrogens is 323 g/mol. The number of amides is 1. The molecular formula is C12H9ClF3N5O. The number of halogens is 4. The van der Waals surface area contributed by atoms with Crippen LogP contribution in [0.1, 0.15) is 21.9 Å². The molecule has 6 nitrogen and oxygen atoms in total. The highest BCUT2D eigenvalue weighted by Gasteiger charge is 2.33. The lowest BCUT2D eigenvalue weighted by atomic mass is 10.2. The number of fused-ring (bicyclic) bond motifs is 1. The minimum atomic E-state index is -4.56. The summed E-state index contributed by atoms with van der Waals surface area (Å²) < 4.78 is 39.4. The van der Waals surface area contributed by atoms with Crippen LogP contribution in [0.3, 0.4) is 0 Å². The Labute approximate surface area is 127 Å². The summed E-state index contributed by atoms with van der Waals surface area (Å²) in [4.78, 5) is 21.4. The van der Waals surface area contributed by atoms with E-state index < -0.39 is 17.6 Å². The van der Waals surface area contributed by atoms with Crippen molar-refractivity contribution in [2.24, 2.45) is 0 Å². The highest BCUT2D eigenvalue weighted by Crippen LogP contribution is 2.31. The number of hydrogen-bond donors (Lipinski definition) is 0. The van der Waals surface area contributed by atoms with Crippen LogP contribution in [-0.2, 0) is 19.3 Å². The maximum Gasteiger partial charge on any atom is 0.417 e. The van der Waals surface area contributed by atoms with Crippen LogP contribution in [0.5, 0.6) is 0 Å². The average Bonchev–Trinajstić information content (AvgIpc) is 2.92. The maximum atomic E-state index is 12.6. The van der Waals surface area contributed by atoms with Crippen molar-refractivity contribution in [3.63, 3.8) is 0 Å². The number of hydrogen-bond acceptors (Lipinski definition) is 4. The zero-order chi connectivity index (χ0) is 15.9. The Balaban J connectivity index is 1.84. The van der Waals surface area contributed by atoms with E-state index in [1.165, 1.54) is 11.2 Å². The molecule has 0 N–H and O–H groups in total. The van der Waals surface area contributed by atoms with Gasteiger partial charge in [0.1, 0.15) is 17.8 Å². The summed E-state index contributed by atoms with van der Waals surface area (Å²) in [6.07, 6.45) is -2.57. The van der Waals surface area contributed by atoms with E-state index in [-0.39, 0.29) is 17.3 Å². The lowest BCUT2D eigenvalue weighted by Gasteiger charge is -2.26. The van der Waals surface area contributed by atoms with Gasteiger partial charge in [0.25, 0.3) is 5.91 Å². The number of alkyl halides is 3. The SMILES string of the molecule is O=C(c1ncc(C(F)(F)F)cc1Cl)N1CCn2ncnc2C1. The largest absolute Gasteiger partial charge is 0.417 e. The van der Waals surface area contributed by atoms with Gasteiger partial charge in [-0.2, -0.15) is 18.3 Å². The van der Waals surface area contributed by atoms with E-state index in [0.29, 0.717) is 31.2 Å². The van der Waals surface area contributed by atoms with Crippen LogP contribution in [0.25, 0.3) is 0 Å². The molecule has 10 heteroatoms. The molecule has 3 heterocycles. The molecule has 0 bridgehead atoms. The third-order valence-corrected chi connectivity index (χ3v) is 3.56. The molecule has 0 saturated heterocycles. The molecule has 0 saturated carbocycles. The van der Waals surface area contributed by atoms with Gasteiger partial charge in [0.15, 0.2) is 0 Å². The first-order chi connectivity index (χ1) is 10.4. The normalized spacial score (nSPS) is 14.8. The summed E-state index contributed by atoms with van der Waals surface area (Å²) in [5.41, 5.74) is -1.20. The Hall–Kier alpha value is -2.16. The van der Waals surface area contributed by atoms with E-state index in [1.54, 1.807) is 4.68 Å². The molecule has 116 valence electrons. The van der Waals surface area contributed by atoms with Gasteiger partial charge in [-0.05, 0) is 6.07 Å². The zero-order valence-electron chi connectivity index (χ0n) is 11.0. The van der Waals surface area contributed by atoms with Crippen molar-refractivity contribution in [3.05, 3.63) is 40.7 Å². The number of carbonyl (C=O) groups is 1. The summed E-state index contributed by atoms with van der Waals surface area (Å²) in [7, 11) is 0. The quantitative estimate of drug-likeness (QED) is 0.802. The molecule has 0 fully saturated rings. The predicted octanol–water partition coefficient (Wildman–Crippen LogP) is 2.00. The molecule has 0 radical (unpaired) electrons. The maximum absolute atomic E-state index is 12.6. The zero-order valence-corrected chi connectivity index (χ0v) is 11.8. The Morgan fingerprint density at radius 1 is 1.27 bits per heavy atom. The topological polar surface area (TPSA) is 63.9 Å². The summed E-state index contributed by atoms with van der Waals surface area (Å²) in [6, 6.07) is 0.703. The number of aromatic nitrogens is 4. The molecule has 22 heavy (non-hydrogen) atoms. The van der Waals surface area contributed by atoms with Gasteiger partial charge in [0.2, 0.25) is 0 Å². The monoisotopic (exact) mass is 331 g/mol. The van der Waals surface area contributed by atoms with Gasteiger partial charge in [-0.1, -0.05) is 11.6 Å². The average molecular weight is 332 g/mol. The first kappa shape index (κ1) is 14.8. The van der Waals surface area contributed by atoms with Gasteiger partial charge < -0.3 is 4.90 Å². The Bertz CT molecular complexity index is 730. The number of nitrogens with zero attached hydrogens (tertiary/aromatic N) is 5. The fourth-order valence-electron chi connectivity index (χ4n) is 2.14. The van der Waals surface area contributed by atoms with Crippen LogP contribution in [-0.4, -0.2) is 37.1 Å². The molecule has 2 aromatic rings. The fraction of sp³-hybridized carbons (Fsp3) is 0.333. The van der Waals surface area contributed by atoms with Crippen molar-refractivity contribution in [2.45, 2.75) is 19.3 Å². The van der Waals surface area contributed by atoms with Gasteiger partial charge in [-0.3, -0.25) is 4.79 Å². The van der Waals surface area contributed by atoms with Crippen molar-refractivity contribution in [3.8, 4) is 0 Å². The second-order valence-corrected chi connectivity index (χ2v) is 5.09. The third kappa shape index (κ3) is 2.63. The summed E-state index contributed by atoms with van der Waals surface area (Å²) in [5.74, 6) is 0.0654. The van der Waals surface area contributed by atoms with Gasteiger partial charge in [-0.15, -0.1) is 0 Å². The van der Waals surface area contributed by atoms with Crippen molar-refractivity contribution in [1.82, 2.24) is 24.6 Å². The second kappa shape index (κ2) is 5.24. The lowest BCUT2D eigenvalue weighted by molar-refractivity contribution is -0.137. The minimum Gasteiger partial charge on any atom is -0.328 e. The van der Waals surface area contributed by atoms with Crippen LogP contribution in [0.15, 0.2) is 18.6 Å². The summed E-state index contributed by atoms with van der Waals surface area (Å²) >= 11 is 5.79. The van der Waals surface area contributed by atoms with E-state index in [0.717, 1.165) is 0 Å². The van der Waals surface area contributed by atoms with Crippen molar-refractivity contribution in [2.75, 3.05) is 6.54 Å². The first-order valence-electron chi connectivity index (χ1n) is 6.25. The molecule has 3 rings (SSSR count). The smallest absolute Gasteiger partial charge is 0.328 e. The van der Waals surface area contributed by atoms with Crippen LogP contribution in [0, 0.1) is 0 Å². The summed E-state index contributed by atoms with van der Waals surface area (Å²) in [5, 5.41) is 3.65. The summed E-state index contributed by atoms with van der Waals surface area (Å²) in [6.45, 7) is 1.02. The first-order valence-corrected chi connectivity index (χ1v) is 6.63. The molecule has 2 aromatic heterocycles. The van der Waals surface area contributed by atoms with E-state index in [9.17, 15) is 18.0 Å². The Morgan fingerprint density at radius 2 is 2.05 bits per heavy atom. The van der Waals surface area contributed by atoms with E-state index in [4.69, 9.17) is 11.6 Å². The van der Waals surface area contributed by atoms with Gasteiger partial charge in [0.05, 0.1) is 23.7 Å². The van der Waals surface area contributed by atoms with Crippen molar-refractivity contribution in [1.29, 1.82) is 0 Å². The Morgan fingerprint density at radius 3 is 2.73 bits per heavy atom. The lowest BCUT2D eigenvalue weighted by Crippen LogP contribution is -2.39. The van der Waals surface area contributed by atoms with E-state index in [1.807, 2.05) is 0 Å². The highest BCUT2D eigenvalue weighted by atomic mass is 35.5. The molecule has 1 amide bonds. The van der Waals surface area contributed by atoms with Gasteiger partial charge >= 0.3 is 6.18 Å². The van der Waals surface area contributed by atoms with E-state index in [2.05, 4.69) is 15.1 Å². The van der Waals surface area contributed by atoms with E-state index >= 15 is 0 Å². The molecule has 0 unspecified atom stereocenters. The third-order valence-electron chi connectivity index (χ3n) is 3.27. The van der Waals surface area contributed by atoms with Crippen LogP contribution < -0.4 is 0 Å². The van der Waals surface area contributed by atoms with Crippen molar-refractivity contribution < 1.29 is 18.0 Å². The van der Waals surface area contributed by atoms with Gasteiger partial charge in [0, 0.05) is 12.7 Å². The number of carbonyl (C=O) groups excluding carboxylic acids is 1. The van der Waals surface area contributed by atoms with Crippen LogP contribution >= 0.6 is 11.6 Å². The minimum absolute atomic E-state index is 0.206. The molecule has 0 atom stereocenters. The standard InChI is InChI=1S/C12H9ClF3N5O/c13-8-3-7(12(14,15)16)4-17-10(8)11(22)20-1-2-21-9(5-20)18-6-19-21/h3-4,6H,1-2,5H2. The van der Waals surface area contributed by atoms with Gasteiger partial charge in [-0.25, -0.2) is 14.6 Å². The molecule has 0 spiro atoms. The van der Waals surface area contributed by atoms with Crippen LogP contribution in [0.4, 0.5) is 13.2 Å². The second-order valence-electron chi connectivity index (χ2n) is 4.68. The molecule has 1 aliphatic heterocycles. The predicted molar refractivity (Wildman–Crippen MR) is 69.0 cm³/mol. The molecule has 1 aliphatic rings.